The number of rotatable bonds is 8. The van der Waals surface area contributed by atoms with Gasteiger partial charge in [-0.25, -0.2) is 4.79 Å². The Kier molecular flexibility index (Phi) is 8.85. The quantitative estimate of drug-likeness (QED) is 0.435. The van der Waals surface area contributed by atoms with Crippen molar-refractivity contribution in [1.82, 2.24) is 16.0 Å². The zero-order valence-electron chi connectivity index (χ0n) is 18.7. The minimum atomic E-state index is -1.04. The normalized spacial score (nSPS) is 14.5. The third kappa shape index (κ3) is 7.17. The van der Waals surface area contributed by atoms with E-state index in [0.29, 0.717) is 33.7 Å². The molecule has 0 unspecified atom stereocenters. The maximum absolute atomic E-state index is 12.9. The molecule has 5 amide bonds. The smallest absolute Gasteiger partial charge is 0.315 e. The van der Waals surface area contributed by atoms with Crippen LogP contribution in [0.5, 0.6) is 0 Å². The summed E-state index contributed by atoms with van der Waals surface area (Å²) < 4.78 is 5.61. The van der Waals surface area contributed by atoms with E-state index >= 15 is 0 Å². The maximum atomic E-state index is 12.9. The highest BCUT2D eigenvalue weighted by molar-refractivity contribution is 7.18. The number of nitrogens with zero attached hydrogens (tertiary/aromatic N) is 1. The molecule has 2 aromatic rings. The average Bonchev–Trinajstić information content (AvgIpc) is 3.23. The van der Waals surface area contributed by atoms with Crippen molar-refractivity contribution in [3.8, 4) is 0 Å². The van der Waals surface area contributed by atoms with Crippen molar-refractivity contribution in [2.24, 2.45) is 0 Å². The van der Waals surface area contributed by atoms with E-state index in [9.17, 15) is 19.2 Å². The Morgan fingerprint density at radius 3 is 2.47 bits per heavy atom. The molecular weight excluding hydrogens is 482 g/mol. The second kappa shape index (κ2) is 11.8. The zero-order valence-corrected chi connectivity index (χ0v) is 20.3. The molecular formula is C22H26ClN5O5S. The summed E-state index contributed by atoms with van der Waals surface area (Å²) in [7, 11) is 0. The fourth-order valence-electron chi connectivity index (χ4n) is 3.13. The lowest BCUT2D eigenvalue weighted by atomic mass is 10.2. The highest BCUT2D eigenvalue weighted by atomic mass is 35.5. The molecule has 0 spiro atoms. The van der Waals surface area contributed by atoms with Gasteiger partial charge in [0.15, 0.2) is 0 Å². The van der Waals surface area contributed by atoms with Gasteiger partial charge in [0.2, 0.25) is 5.91 Å². The summed E-state index contributed by atoms with van der Waals surface area (Å²) >= 11 is 6.99. The van der Waals surface area contributed by atoms with Crippen molar-refractivity contribution in [1.29, 1.82) is 0 Å². The molecule has 3 rings (SSSR count). The number of amides is 5. The molecule has 4 N–H and O–H groups in total. The van der Waals surface area contributed by atoms with Gasteiger partial charge < -0.3 is 30.9 Å². The molecule has 1 aliphatic rings. The summed E-state index contributed by atoms with van der Waals surface area (Å²) in [6.45, 7) is 4.39. The Morgan fingerprint density at radius 1 is 1.12 bits per heavy atom. The van der Waals surface area contributed by atoms with Crippen LogP contribution in [0, 0.1) is 0 Å². The van der Waals surface area contributed by atoms with Gasteiger partial charge in [0.1, 0.15) is 12.6 Å². The lowest BCUT2D eigenvalue weighted by molar-refractivity contribution is -0.125. The SMILES string of the molecule is CC(C)NC(=O)N[C@@H](CNC(=O)c1ccc(Cl)s1)C(=O)Nc1ccc(N2CCOCC2=O)cc1. The Balaban J connectivity index is 1.65. The molecule has 0 saturated carbocycles. The summed E-state index contributed by atoms with van der Waals surface area (Å²) in [5.41, 5.74) is 1.17. The summed E-state index contributed by atoms with van der Waals surface area (Å²) in [5.74, 6) is -1.05. The lowest BCUT2D eigenvalue weighted by Crippen LogP contribution is -2.54. The number of morpholine rings is 1. The van der Waals surface area contributed by atoms with Gasteiger partial charge in [0, 0.05) is 30.5 Å². The molecule has 0 radical (unpaired) electrons. The van der Waals surface area contributed by atoms with Crippen LogP contribution >= 0.6 is 22.9 Å². The number of carbonyl (C=O) groups excluding carboxylic acids is 4. The van der Waals surface area contributed by atoms with Crippen LogP contribution < -0.4 is 26.2 Å². The predicted molar refractivity (Wildman–Crippen MR) is 130 cm³/mol. The van der Waals surface area contributed by atoms with E-state index < -0.39 is 23.9 Å². The summed E-state index contributed by atoms with van der Waals surface area (Å²) in [6, 6.07) is 8.22. The van der Waals surface area contributed by atoms with Crippen molar-refractivity contribution in [3.63, 3.8) is 0 Å². The number of anilines is 2. The Morgan fingerprint density at radius 2 is 1.85 bits per heavy atom. The number of carbonyl (C=O) groups is 4. The first-order valence-corrected chi connectivity index (χ1v) is 11.8. The number of hydrogen-bond acceptors (Lipinski definition) is 6. The van der Waals surface area contributed by atoms with Crippen LogP contribution in [0.1, 0.15) is 23.5 Å². The highest BCUT2D eigenvalue weighted by Crippen LogP contribution is 2.21. The summed E-state index contributed by atoms with van der Waals surface area (Å²) in [5, 5.41) is 10.6. The third-order valence-electron chi connectivity index (χ3n) is 4.74. The molecule has 0 bridgehead atoms. The molecule has 1 fully saturated rings. The first-order valence-electron chi connectivity index (χ1n) is 10.6. The van der Waals surface area contributed by atoms with Gasteiger partial charge in [0.05, 0.1) is 15.8 Å². The molecule has 182 valence electrons. The topological polar surface area (TPSA) is 129 Å². The van der Waals surface area contributed by atoms with E-state index in [1.165, 1.54) is 0 Å². The molecule has 1 atom stereocenters. The largest absolute Gasteiger partial charge is 0.370 e. The fraction of sp³-hybridized carbons (Fsp3) is 0.364. The van der Waals surface area contributed by atoms with E-state index in [1.54, 1.807) is 55.1 Å². The van der Waals surface area contributed by atoms with Crippen molar-refractivity contribution < 1.29 is 23.9 Å². The zero-order chi connectivity index (χ0) is 24.7. The Hall–Kier alpha value is -3.15. The van der Waals surface area contributed by atoms with Gasteiger partial charge in [0.25, 0.3) is 11.8 Å². The number of hydrogen-bond donors (Lipinski definition) is 4. The highest BCUT2D eigenvalue weighted by Gasteiger charge is 2.24. The summed E-state index contributed by atoms with van der Waals surface area (Å²) in [4.78, 5) is 51.5. The van der Waals surface area contributed by atoms with Gasteiger partial charge >= 0.3 is 6.03 Å². The lowest BCUT2D eigenvalue weighted by Gasteiger charge is -2.27. The minimum Gasteiger partial charge on any atom is -0.370 e. The van der Waals surface area contributed by atoms with E-state index in [1.807, 2.05) is 0 Å². The number of benzene rings is 1. The minimum absolute atomic E-state index is 0.0354. The first kappa shape index (κ1) is 25.5. The second-order valence-corrected chi connectivity index (χ2v) is 9.49. The van der Waals surface area contributed by atoms with Crippen LogP contribution in [-0.2, 0) is 14.3 Å². The Labute approximate surface area is 206 Å². The van der Waals surface area contributed by atoms with E-state index in [4.69, 9.17) is 16.3 Å². The fourth-order valence-corrected chi connectivity index (χ4v) is 4.09. The molecule has 34 heavy (non-hydrogen) atoms. The molecule has 0 aliphatic carbocycles. The molecule has 1 aromatic carbocycles. The van der Waals surface area contributed by atoms with Gasteiger partial charge in [-0.15, -0.1) is 11.3 Å². The van der Waals surface area contributed by atoms with E-state index in [2.05, 4.69) is 21.3 Å². The maximum Gasteiger partial charge on any atom is 0.315 e. The molecule has 1 saturated heterocycles. The Bertz CT molecular complexity index is 1040. The molecule has 12 heteroatoms. The van der Waals surface area contributed by atoms with Crippen molar-refractivity contribution in [2.45, 2.75) is 25.9 Å². The van der Waals surface area contributed by atoms with Gasteiger partial charge in [-0.1, -0.05) is 11.6 Å². The number of halogens is 1. The van der Waals surface area contributed by atoms with Crippen LogP contribution in [-0.4, -0.2) is 62.1 Å². The van der Waals surface area contributed by atoms with Crippen LogP contribution in [0.4, 0.5) is 16.2 Å². The number of urea groups is 1. The monoisotopic (exact) mass is 507 g/mol. The number of thiophene rings is 1. The van der Waals surface area contributed by atoms with Gasteiger partial charge in [-0.2, -0.15) is 0 Å². The van der Waals surface area contributed by atoms with Gasteiger partial charge in [-0.05, 0) is 50.2 Å². The predicted octanol–water partition coefficient (Wildman–Crippen LogP) is 2.21. The standard InChI is InChI=1S/C22H26ClN5O5S/c1-13(2)25-22(32)27-16(11-24-21(31)17-7-8-18(23)34-17)20(30)26-14-3-5-15(6-4-14)28-9-10-33-12-19(28)29/h3-8,13,16H,9-12H2,1-2H3,(H,24,31)(H,26,30)(H2,25,27,32)/t16-/m0/s1. The number of ether oxygens (including phenoxy) is 1. The molecule has 1 aromatic heterocycles. The average molecular weight is 508 g/mol. The molecule has 10 nitrogen and oxygen atoms in total. The second-order valence-electron chi connectivity index (χ2n) is 7.77. The molecule has 2 heterocycles. The first-order chi connectivity index (χ1) is 16.2. The van der Waals surface area contributed by atoms with E-state index in [-0.39, 0.29) is 25.1 Å². The van der Waals surface area contributed by atoms with Crippen LogP contribution in [0.3, 0.4) is 0 Å². The van der Waals surface area contributed by atoms with Gasteiger partial charge in [-0.3, -0.25) is 14.4 Å². The summed E-state index contributed by atoms with van der Waals surface area (Å²) in [6.07, 6.45) is 0. The van der Waals surface area contributed by atoms with Crippen LogP contribution in [0.15, 0.2) is 36.4 Å². The number of nitrogens with one attached hydrogen (secondary N) is 4. The third-order valence-corrected chi connectivity index (χ3v) is 5.97. The van der Waals surface area contributed by atoms with Crippen molar-refractivity contribution >= 4 is 58.1 Å². The van der Waals surface area contributed by atoms with Crippen LogP contribution in [0.2, 0.25) is 4.34 Å². The van der Waals surface area contributed by atoms with Crippen LogP contribution in [0.25, 0.3) is 0 Å². The van der Waals surface area contributed by atoms with Crippen molar-refractivity contribution in [3.05, 3.63) is 45.6 Å². The van der Waals surface area contributed by atoms with E-state index in [0.717, 1.165) is 11.3 Å². The van der Waals surface area contributed by atoms with Crippen molar-refractivity contribution in [2.75, 3.05) is 36.5 Å². The molecule has 1 aliphatic heterocycles.